The maximum atomic E-state index is 12.5. The standard InChI is InChI=1S/C17H13F3N4OS/c1-10-3-2-4-14(21-10)24-16-23-13(9-26-16)15(25)22-12-7-5-11(6-8-12)17(18,19)20/h2-9H,1H3,(H,22,25)(H,21,23,24). The number of anilines is 3. The van der Waals surface area contributed by atoms with E-state index in [0.717, 1.165) is 17.8 Å². The van der Waals surface area contributed by atoms with Gasteiger partial charge in [0.15, 0.2) is 5.13 Å². The highest BCUT2D eigenvalue weighted by molar-refractivity contribution is 7.14. The normalized spacial score (nSPS) is 11.2. The van der Waals surface area contributed by atoms with Crippen molar-refractivity contribution in [2.24, 2.45) is 0 Å². The van der Waals surface area contributed by atoms with E-state index in [0.29, 0.717) is 10.9 Å². The lowest BCUT2D eigenvalue weighted by molar-refractivity contribution is -0.137. The first-order chi connectivity index (χ1) is 12.3. The Kier molecular flexibility index (Phi) is 4.90. The first-order valence-corrected chi connectivity index (χ1v) is 8.34. The molecule has 0 spiro atoms. The molecular formula is C17H13F3N4OS. The van der Waals surface area contributed by atoms with Crippen LogP contribution >= 0.6 is 11.3 Å². The summed E-state index contributed by atoms with van der Waals surface area (Å²) in [7, 11) is 0. The van der Waals surface area contributed by atoms with Crippen LogP contribution in [0, 0.1) is 6.92 Å². The third-order valence-corrected chi connectivity index (χ3v) is 4.09. The average Bonchev–Trinajstić information content (AvgIpc) is 3.03. The first kappa shape index (κ1) is 17.9. The van der Waals surface area contributed by atoms with Gasteiger partial charge < -0.3 is 10.6 Å². The van der Waals surface area contributed by atoms with Gasteiger partial charge in [-0.05, 0) is 43.3 Å². The van der Waals surface area contributed by atoms with Crippen molar-refractivity contribution in [3.63, 3.8) is 0 Å². The zero-order valence-electron chi connectivity index (χ0n) is 13.5. The molecule has 2 heterocycles. The fourth-order valence-corrected chi connectivity index (χ4v) is 2.79. The second-order valence-electron chi connectivity index (χ2n) is 5.36. The summed E-state index contributed by atoms with van der Waals surface area (Å²) < 4.78 is 37.6. The number of nitrogens with zero attached hydrogens (tertiary/aromatic N) is 2. The van der Waals surface area contributed by atoms with Crippen molar-refractivity contribution in [1.29, 1.82) is 0 Å². The van der Waals surface area contributed by atoms with Gasteiger partial charge in [-0.15, -0.1) is 11.3 Å². The van der Waals surface area contributed by atoms with Crippen LogP contribution in [0.15, 0.2) is 47.8 Å². The Hall–Kier alpha value is -2.94. The number of carbonyl (C=O) groups excluding carboxylic acids is 1. The molecule has 0 fully saturated rings. The third kappa shape index (κ3) is 4.37. The maximum absolute atomic E-state index is 12.5. The second-order valence-corrected chi connectivity index (χ2v) is 6.21. The van der Waals surface area contributed by atoms with E-state index < -0.39 is 17.6 Å². The fraction of sp³-hybridized carbons (Fsp3) is 0.118. The van der Waals surface area contributed by atoms with E-state index in [1.807, 2.05) is 19.1 Å². The summed E-state index contributed by atoms with van der Waals surface area (Å²) in [5.41, 5.74) is 0.476. The first-order valence-electron chi connectivity index (χ1n) is 7.46. The van der Waals surface area contributed by atoms with Crippen LogP contribution in [0.1, 0.15) is 21.7 Å². The Balaban J connectivity index is 1.66. The predicted molar refractivity (Wildman–Crippen MR) is 93.8 cm³/mol. The molecule has 9 heteroatoms. The zero-order chi connectivity index (χ0) is 18.7. The van der Waals surface area contributed by atoms with Crippen molar-refractivity contribution in [2.75, 3.05) is 10.6 Å². The molecule has 0 aliphatic carbocycles. The highest BCUT2D eigenvalue weighted by Crippen LogP contribution is 2.30. The third-order valence-electron chi connectivity index (χ3n) is 3.33. The quantitative estimate of drug-likeness (QED) is 0.680. The minimum Gasteiger partial charge on any atom is -0.321 e. The van der Waals surface area contributed by atoms with Gasteiger partial charge in [-0.1, -0.05) is 6.07 Å². The van der Waals surface area contributed by atoms with Gasteiger partial charge in [-0.25, -0.2) is 9.97 Å². The van der Waals surface area contributed by atoms with Crippen molar-refractivity contribution >= 4 is 33.9 Å². The van der Waals surface area contributed by atoms with Crippen LogP contribution in [0.4, 0.5) is 29.8 Å². The number of thiazole rings is 1. The van der Waals surface area contributed by atoms with E-state index >= 15 is 0 Å². The fourth-order valence-electron chi connectivity index (χ4n) is 2.10. The minimum absolute atomic E-state index is 0.157. The van der Waals surface area contributed by atoms with Crippen LogP contribution in [0.25, 0.3) is 0 Å². The van der Waals surface area contributed by atoms with Gasteiger partial charge in [0.05, 0.1) is 5.56 Å². The molecule has 0 unspecified atom stereocenters. The number of amides is 1. The van der Waals surface area contributed by atoms with E-state index in [4.69, 9.17) is 0 Å². The SMILES string of the molecule is Cc1cccc(Nc2nc(C(=O)Nc3ccc(C(F)(F)F)cc3)cs2)n1. The van der Waals surface area contributed by atoms with Crippen molar-refractivity contribution in [3.8, 4) is 0 Å². The smallest absolute Gasteiger partial charge is 0.321 e. The number of aromatic nitrogens is 2. The van der Waals surface area contributed by atoms with E-state index in [1.165, 1.54) is 23.5 Å². The summed E-state index contributed by atoms with van der Waals surface area (Å²) in [5, 5.41) is 7.56. The van der Waals surface area contributed by atoms with Gasteiger partial charge in [0.25, 0.3) is 5.91 Å². The topological polar surface area (TPSA) is 66.9 Å². The summed E-state index contributed by atoms with van der Waals surface area (Å²) in [6.45, 7) is 1.86. The second kappa shape index (κ2) is 7.12. The molecule has 0 saturated heterocycles. The Bertz CT molecular complexity index is 922. The number of alkyl halides is 3. The molecular weight excluding hydrogens is 365 g/mol. The molecule has 0 bridgehead atoms. The van der Waals surface area contributed by atoms with Crippen molar-refractivity contribution in [2.45, 2.75) is 13.1 Å². The zero-order valence-corrected chi connectivity index (χ0v) is 14.3. The van der Waals surface area contributed by atoms with E-state index in [2.05, 4.69) is 20.6 Å². The molecule has 1 aromatic carbocycles. The number of halogens is 3. The number of carbonyl (C=O) groups is 1. The summed E-state index contributed by atoms with van der Waals surface area (Å²) in [4.78, 5) is 20.6. The summed E-state index contributed by atoms with van der Waals surface area (Å²) >= 11 is 1.22. The molecule has 0 aliphatic rings. The Morgan fingerprint density at radius 1 is 1.08 bits per heavy atom. The number of nitrogens with one attached hydrogen (secondary N) is 2. The van der Waals surface area contributed by atoms with Crippen LogP contribution < -0.4 is 10.6 Å². The van der Waals surface area contributed by atoms with Gasteiger partial charge >= 0.3 is 6.18 Å². The summed E-state index contributed by atoms with van der Waals surface area (Å²) in [6, 6.07) is 9.69. The number of benzene rings is 1. The van der Waals surface area contributed by atoms with Gasteiger partial charge in [0.1, 0.15) is 11.5 Å². The van der Waals surface area contributed by atoms with Crippen molar-refractivity contribution in [1.82, 2.24) is 9.97 Å². The monoisotopic (exact) mass is 378 g/mol. The highest BCUT2D eigenvalue weighted by Gasteiger charge is 2.30. The molecule has 2 aromatic heterocycles. The molecule has 134 valence electrons. The highest BCUT2D eigenvalue weighted by atomic mass is 32.1. The number of hydrogen-bond donors (Lipinski definition) is 2. The lowest BCUT2D eigenvalue weighted by atomic mass is 10.2. The predicted octanol–water partition coefficient (Wildman–Crippen LogP) is 4.86. The minimum atomic E-state index is -4.41. The van der Waals surface area contributed by atoms with E-state index in [-0.39, 0.29) is 11.4 Å². The maximum Gasteiger partial charge on any atom is 0.416 e. The molecule has 5 nitrogen and oxygen atoms in total. The number of pyridine rings is 1. The van der Waals surface area contributed by atoms with Gasteiger partial charge in [-0.3, -0.25) is 4.79 Å². The van der Waals surface area contributed by atoms with Crippen molar-refractivity contribution in [3.05, 3.63) is 64.8 Å². The van der Waals surface area contributed by atoms with Crippen LogP contribution in [-0.4, -0.2) is 15.9 Å². The molecule has 0 saturated carbocycles. The number of hydrogen-bond acceptors (Lipinski definition) is 5. The molecule has 1 amide bonds. The molecule has 3 aromatic rings. The Labute approximate surface area is 150 Å². The molecule has 3 rings (SSSR count). The number of rotatable bonds is 4. The summed E-state index contributed by atoms with van der Waals surface area (Å²) in [6.07, 6.45) is -4.41. The molecule has 0 aliphatic heterocycles. The van der Waals surface area contributed by atoms with Gasteiger partial charge in [0, 0.05) is 16.8 Å². The van der Waals surface area contributed by atoms with Crippen LogP contribution in [0.2, 0.25) is 0 Å². The van der Waals surface area contributed by atoms with Crippen LogP contribution in [-0.2, 0) is 6.18 Å². The summed E-state index contributed by atoms with van der Waals surface area (Å²) in [5.74, 6) is 0.0975. The lowest BCUT2D eigenvalue weighted by Gasteiger charge is -2.08. The van der Waals surface area contributed by atoms with Crippen molar-refractivity contribution < 1.29 is 18.0 Å². The Morgan fingerprint density at radius 2 is 1.81 bits per heavy atom. The average molecular weight is 378 g/mol. The molecule has 0 atom stereocenters. The van der Waals surface area contributed by atoms with E-state index in [9.17, 15) is 18.0 Å². The lowest BCUT2D eigenvalue weighted by Crippen LogP contribution is -2.13. The van der Waals surface area contributed by atoms with Gasteiger partial charge in [-0.2, -0.15) is 13.2 Å². The molecule has 2 N–H and O–H groups in total. The Morgan fingerprint density at radius 3 is 2.46 bits per heavy atom. The van der Waals surface area contributed by atoms with Crippen LogP contribution in [0.5, 0.6) is 0 Å². The van der Waals surface area contributed by atoms with Crippen LogP contribution in [0.3, 0.4) is 0 Å². The molecule has 26 heavy (non-hydrogen) atoms. The number of aryl methyl sites for hydroxylation is 1. The molecule has 0 radical (unpaired) electrons. The van der Waals surface area contributed by atoms with E-state index in [1.54, 1.807) is 11.4 Å². The largest absolute Gasteiger partial charge is 0.416 e. The van der Waals surface area contributed by atoms with Gasteiger partial charge in [0.2, 0.25) is 0 Å².